The summed E-state index contributed by atoms with van der Waals surface area (Å²) in [4.78, 5) is 35.5. The van der Waals surface area contributed by atoms with E-state index in [1.807, 2.05) is 6.92 Å². The van der Waals surface area contributed by atoms with Gasteiger partial charge in [-0.15, -0.1) is 0 Å². The third-order valence-electron chi connectivity index (χ3n) is 3.38. The molecule has 9 heteroatoms. The standard InChI is InChI=1S/C19H18Cl2N2O5/c1-2-27-14-6-4-13(5-7-14)23-17(24)11-28-18(25)10-22-19(26)15-8-3-12(20)9-16(15)21/h3-9H,2,10-11H2,1H3,(H,22,26)(H,23,24). The summed E-state index contributed by atoms with van der Waals surface area (Å²) in [6.07, 6.45) is 0. The summed E-state index contributed by atoms with van der Waals surface area (Å²) in [5.74, 6) is -1.15. The zero-order chi connectivity index (χ0) is 20.5. The zero-order valence-corrected chi connectivity index (χ0v) is 16.5. The van der Waals surface area contributed by atoms with E-state index in [2.05, 4.69) is 10.6 Å². The number of rotatable bonds is 8. The number of hydrogen-bond donors (Lipinski definition) is 2. The van der Waals surface area contributed by atoms with Crippen molar-refractivity contribution in [1.29, 1.82) is 0 Å². The molecule has 0 aliphatic rings. The number of hydrogen-bond acceptors (Lipinski definition) is 5. The number of carbonyl (C=O) groups excluding carboxylic acids is 3. The highest BCUT2D eigenvalue weighted by molar-refractivity contribution is 6.36. The Labute approximate surface area is 171 Å². The number of ether oxygens (including phenoxy) is 2. The van der Waals surface area contributed by atoms with Crippen molar-refractivity contribution < 1.29 is 23.9 Å². The number of benzene rings is 2. The van der Waals surface area contributed by atoms with Crippen LogP contribution in [0.1, 0.15) is 17.3 Å². The molecule has 2 amide bonds. The van der Waals surface area contributed by atoms with Gasteiger partial charge in [0.2, 0.25) is 0 Å². The molecule has 0 bridgehead atoms. The van der Waals surface area contributed by atoms with Gasteiger partial charge in [0.05, 0.1) is 17.2 Å². The highest BCUT2D eigenvalue weighted by atomic mass is 35.5. The predicted molar refractivity (Wildman–Crippen MR) is 106 cm³/mol. The van der Waals surface area contributed by atoms with E-state index >= 15 is 0 Å². The Bertz CT molecular complexity index is 856. The van der Waals surface area contributed by atoms with Gasteiger partial charge in [0.15, 0.2) is 6.61 Å². The second kappa shape index (κ2) is 10.5. The third-order valence-corrected chi connectivity index (χ3v) is 3.93. The van der Waals surface area contributed by atoms with Crippen LogP contribution in [0.15, 0.2) is 42.5 Å². The van der Waals surface area contributed by atoms with Crippen LogP contribution < -0.4 is 15.4 Å². The molecule has 148 valence electrons. The van der Waals surface area contributed by atoms with E-state index in [-0.39, 0.29) is 10.6 Å². The van der Waals surface area contributed by atoms with Crippen molar-refractivity contribution in [3.8, 4) is 5.75 Å². The number of halogens is 2. The Kier molecular flexibility index (Phi) is 8.10. The topological polar surface area (TPSA) is 93.7 Å². The molecule has 0 aliphatic heterocycles. The summed E-state index contributed by atoms with van der Waals surface area (Å²) in [7, 11) is 0. The van der Waals surface area contributed by atoms with Gasteiger partial charge in [-0.05, 0) is 49.4 Å². The maximum atomic E-state index is 12.0. The van der Waals surface area contributed by atoms with E-state index in [1.54, 1.807) is 24.3 Å². The quantitative estimate of drug-likeness (QED) is 0.633. The van der Waals surface area contributed by atoms with Crippen molar-refractivity contribution in [3.05, 3.63) is 58.1 Å². The summed E-state index contributed by atoms with van der Waals surface area (Å²) < 4.78 is 10.1. The van der Waals surface area contributed by atoms with Crippen LogP contribution in [0.25, 0.3) is 0 Å². The van der Waals surface area contributed by atoms with Crippen molar-refractivity contribution in [2.75, 3.05) is 25.1 Å². The second-order valence-corrected chi connectivity index (χ2v) is 6.32. The van der Waals surface area contributed by atoms with Gasteiger partial charge in [-0.2, -0.15) is 0 Å². The minimum absolute atomic E-state index is 0.160. The third kappa shape index (κ3) is 6.75. The number of esters is 1. The van der Waals surface area contributed by atoms with Gasteiger partial charge >= 0.3 is 5.97 Å². The summed E-state index contributed by atoms with van der Waals surface area (Å²) in [5.41, 5.74) is 0.710. The molecule has 0 radical (unpaired) electrons. The van der Waals surface area contributed by atoms with Crippen molar-refractivity contribution in [2.24, 2.45) is 0 Å². The Hall–Kier alpha value is -2.77. The molecular weight excluding hydrogens is 407 g/mol. The first-order chi connectivity index (χ1) is 13.4. The molecule has 28 heavy (non-hydrogen) atoms. The number of amides is 2. The lowest BCUT2D eigenvalue weighted by Gasteiger charge is -2.09. The van der Waals surface area contributed by atoms with Crippen LogP contribution in [-0.4, -0.2) is 37.5 Å². The molecule has 0 fully saturated rings. The van der Waals surface area contributed by atoms with Gasteiger partial charge in [-0.1, -0.05) is 23.2 Å². The Morgan fingerprint density at radius 3 is 2.39 bits per heavy atom. The van der Waals surface area contributed by atoms with Gasteiger partial charge in [0.25, 0.3) is 11.8 Å². The molecule has 0 saturated carbocycles. The monoisotopic (exact) mass is 424 g/mol. The van der Waals surface area contributed by atoms with Gasteiger partial charge in [0.1, 0.15) is 12.3 Å². The lowest BCUT2D eigenvalue weighted by Crippen LogP contribution is -2.32. The fraction of sp³-hybridized carbons (Fsp3) is 0.211. The lowest BCUT2D eigenvalue weighted by molar-refractivity contribution is -0.146. The molecule has 2 aromatic carbocycles. The van der Waals surface area contributed by atoms with Crippen molar-refractivity contribution in [1.82, 2.24) is 5.32 Å². The molecule has 0 saturated heterocycles. The minimum atomic E-state index is -0.764. The molecule has 0 spiro atoms. The molecule has 2 aromatic rings. The molecule has 2 rings (SSSR count). The predicted octanol–water partition coefficient (Wildman–Crippen LogP) is 3.30. The smallest absolute Gasteiger partial charge is 0.325 e. The van der Waals surface area contributed by atoms with Crippen LogP contribution in [0.3, 0.4) is 0 Å². The first-order valence-corrected chi connectivity index (χ1v) is 9.06. The number of nitrogens with one attached hydrogen (secondary N) is 2. The molecule has 0 aliphatic carbocycles. The number of anilines is 1. The van der Waals surface area contributed by atoms with Crippen LogP contribution in [0.4, 0.5) is 5.69 Å². The molecule has 0 unspecified atom stereocenters. The fourth-order valence-electron chi connectivity index (χ4n) is 2.12. The van der Waals surface area contributed by atoms with Crippen LogP contribution in [0.2, 0.25) is 10.0 Å². The fourth-order valence-corrected chi connectivity index (χ4v) is 2.61. The molecule has 2 N–H and O–H groups in total. The summed E-state index contributed by atoms with van der Waals surface area (Å²) in [6.45, 7) is 1.52. The minimum Gasteiger partial charge on any atom is -0.494 e. The van der Waals surface area contributed by atoms with Crippen molar-refractivity contribution in [2.45, 2.75) is 6.92 Å². The van der Waals surface area contributed by atoms with Crippen molar-refractivity contribution >= 4 is 46.7 Å². The maximum absolute atomic E-state index is 12.0. The van der Waals surface area contributed by atoms with Crippen LogP contribution in [-0.2, 0) is 14.3 Å². The Morgan fingerprint density at radius 1 is 1.04 bits per heavy atom. The average Bonchev–Trinajstić information content (AvgIpc) is 2.66. The van der Waals surface area contributed by atoms with E-state index in [9.17, 15) is 14.4 Å². The highest BCUT2D eigenvalue weighted by Gasteiger charge is 2.13. The normalized spacial score (nSPS) is 10.1. The van der Waals surface area contributed by atoms with Crippen molar-refractivity contribution in [3.63, 3.8) is 0 Å². The molecule has 0 heterocycles. The molecule has 7 nitrogen and oxygen atoms in total. The summed E-state index contributed by atoms with van der Waals surface area (Å²) in [5, 5.41) is 5.49. The van der Waals surface area contributed by atoms with E-state index in [0.717, 1.165) is 0 Å². The average molecular weight is 425 g/mol. The van der Waals surface area contributed by atoms with Gasteiger partial charge < -0.3 is 20.1 Å². The Balaban J connectivity index is 1.74. The molecule has 0 atom stereocenters. The van der Waals surface area contributed by atoms with Crippen LogP contribution >= 0.6 is 23.2 Å². The Morgan fingerprint density at radius 2 is 1.75 bits per heavy atom. The largest absolute Gasteiger partial charge is 0.494 e. The van der Waals surface area contributed by atoms with E-state index in [4.69, 9.17) is 32.7 Å². The van der Waals surface area contributed by atoms with Crippen LogP contribution in [0.5, 0.6) is 5.75 Å². The first-order valence-electron chi connectivity index (χ1n) is 8.30. The van der Waals surface area contributed by atoms with E-state index < -0.39 is 30.9 Å². The SMILES string of the molecule is CCOc1ccc(NC(=O)COC(=O)CNC(=O)c2ccc(Cl)cc2Cl)cc1. The van der Waals surface area contributed by atoms with Gasteiger partial charge in [-0.25, -0.2) is 0 Å². The molecular formula is C19H18Cl2N2O5. The molecule has 0 aromatic heterocycles. The first kappa shape index (κ1) is 21.5. The second-order valence-electron chi connectivity index (χ2n) is 5.47. The lowest BCUT2D eigenvalue weighted by atomic mass is 10.2. The summed E-state index contributed by atoms with van der Waals surface area (Å²) >= 11 is 11.7. The zero-order valence-electron chi connectivity index (χ0n) is 15.0. The number of carbonyl (C=O) groups is 3. The maximum Gasteiger partial charge on any atom is 0.325 e. The van der Waals surface area contributed by atoms with Gasteiger partial charge in [0, 0.05) is 10.7 Å². The van der Waals surface area contributed by atoms with Crippen LogP contribution in [0, 0.1) is 0 Å². The van der Waals surface area contributed by atoms with E-state index in [1.165, 1.54) is 18.2 Å². The summed E-state index contributed by atoms with van der Waals surface area (Å²) in [6, 6.07) is 11.1. The van der Waals surface area contributed by atoms with Gasteiger partial charge in [-0.3, -0.25) is 14.4 Å². The van der Waals surface area contributed by atoms with E-state index in [0.29, 0.717) is 23.1 Å². The highest BCUT2D eigenvalue weighted by Crippen LogP contribution is 2.20.